The molecule has 154 valence electrons. The fourth-order valence-corrected chi connectivity index (χ4v) is 2.57. The molecule has 2 rings (SSSR count). The molecule has 0 aliphatic rings. The highest BCUT2D eigenvalue weighted by molar-refractivity contribution is 6.35. The first-order valence-corrected chi connectivity index (χ1v) is 9.56. The van der Waals surface area contributed by atoms with Crippen LogP contribution in [0.15, 0.2) is 42.5 Å². The molecule has 7 nitrogen and oxygen atoms in total. The molecule has 0 spiro atoms. The van der Waals surface area contributed by atoms with Crippen LogP contribution < -0.4 is 15.4 Å². The van der Waals surface area contributed by atoms with Crippen LogP contribution in [0.1, 0.15) is 19.8 Å². The zero-order valence-electron chi connectivity index (χ0n) is 15.7. The van der Waals surface area contributed by atoms with Crippen LogP contribution in [0, 0.1) is 0 Å². The van der Waals surface area contributed by atoms with Crippen molar-refractivity contribution in [2.45, 2.75) is 19.8 Å². The number of hydrogen-bond acceptors (Lipinski definition) is 5. The first-order valence-electron chi connectivity index (χ1n) is 8.80. The molecular weight excluding hydrogens is 419 g/mol. The Bertz CT molecular complexity index is 872. The minimum Gasteiger partial charge on any atom is -0.494 e. The summed E-state index contributed by atoms with van der Waals surface area (Å²) in [6.07, 6.45) is -0.234. The van der Waals surface area contributed by atoms with Crippen LogP contribution in [-0.2, 0) is 19.1 Å². The van der Waals surface area contributed by atoms with Gasteiger partial charge in [-0.25, -0.2) is 0 Å². The average molecular weight is 439 g/mol. The van der Waals surface area contributed by atoms with Gasteiger partial charge in [-0.05, 0) is 49.4 Å². The van der Waals surface area contributed by atoms with Crippen molar-refractivity contribution >= 4 is 52.4 Å². The van der Waals surface area contributed by atoms with Gasteiger partial charge in [-0.2, -0.15) is 0 Å². The number of rotatable bonds is 9. The van der Waals surface area contributed by atoms with Gasteiger partial charge < -0.3 is 20.1 Å². The molecule has 29 heavy (non-hydrogen) atoms. The lowest BCUT2D eigenvalue weighted by atomic mass is 10.2. The molecule has 2 N–H and O–H groups in total. The molecule has 0 aliphatic carbocycles. The molecule has 0 bridgehead atoms. The maximum atomic E-state index is 11.9. The predicted octanol–water partition coefficient (Wildman–Crippen LogP) is 4.29. The van der Waals surface area contributed by atoms with E-state index >= 15 is 0 Å². The molecule has 9 heteroatoms. The molecular formula is C20H20Cl2N2O5. The summed E-state index contributed by atoms with van der Waals surface area (Å²) in [6, 6.07) is 11.5. The van der Waals surface area contributed by atoms with Crippen LogP contribution in [0.3, 0.4) is 0 Å². The third kappa shape index (κ3) is 8.01. The SMILES string of the molecule is CCOc1ccc(NC(=O)CCC(=O)OCC(=O)Nc2cc(Cl)ccc2Cl)cc1. The molecule has 2 amide bonds. The maximum Gasteiger partial charge on any atom is 0.306 e. The van der Waals surface area contributed by atoms with Crippen molar-refractivity contribution in [3.8, 4) is 5.75 Å². The second-order valence-electron chi connectivity index (χ2n) is 5.84. The quantitative estimate of drug-likeness (QED) is 0.569. The Morgan fingerprint density at radius 3 is 2.34 bits per heavy atom. The smallest absolute Gasteiger partial charge is 0.306 e. The van der Waals surface area contributed by atoms with E-state index in [2.05, 4.69) is 10.6 Å². The summed E-state index contributed by atoms with van der Waals surface area (Å²) in [5.41, 5.74) is 0.902. The van der Waals surface area contributed by atoms with Crippen molar-refractivity contribution in [2.24, 2.45) is 0 Å². The molecule has 0 fully saturated rings. The fraction of sp³-hybridized carbons (Fsp3) is 0.250. The summed E-state index contributed by atoms with van der Waals surface area (Å²) in [4.78, 5) is 35.5. The standard InChI is InChI=1S/C20H20Cl2N2O5/c1-2-28-15-6-4-14(5-7-15)23-18(25)9-10-20(27)29-12-19(26)24-17-11-13(21)3-8-16(17)22/h3-8,11H,2,9-10,12H2,1H3,(H,23,25)(H,24,26). The Labute approximate surface area is 178 Å². The molecule has 0 aliphatic heterocycles. The highest BCUT2D eigenvalue weighted by Gasteiger charge is 2.12. The van der Waals surface area contributed by atoms with Crippen molar-refractivity contribution < 1.29 is 23.9 Å². The Morgan fingerprint density at radius 2 is 1.66 bits per heavy atom. The maximum absolute atomic E-state index is 11.9. The van der Waals surface area contributed by atoms with E-state index in [1.807, 2.05) is 6.92 Å². The van der Waals surface area contributed by atoms with Gasteiger partial charge in [0.1, 0.15) is 5.75 Å². The van der Waals surface area contributed by atoms with Gasteiger partial charge in [-0.1, -0.05) is 23.2 Å². The minimum atomic E-state index is -0.667. The number of halogens is 2. The molecule has 2 aromatic rings. The number of carbonyl (C=O) groups excluding carboxylic acids is 3. The lowest BCUT2D eigenvalue weighted by molar-refractivity contribution is -0.147. The van der Waals surface area contributed by atoms with E-state index in [-0.39, 0.29) is 18.7 Å². The van der Waals surface area contributed by atoms with Crippen molar-refractivity contribution in [1.29, 1.82) is 0 Å². The van der Waals surface area contributed by atoms with Crippen molar-refractivity contribution in [2.75, 3.05) is 23.8 Å². The summed E-state index contributed by atoms with van der Waals surface area (Å²) in [5, 5.41) is 5.87. The average Bonchev–Trinajstić information content (AvgIpc) is 2.69. The van der Waals surface area contributed by atoms with E-state index in [1.54, 1.807) is 30.3 Å². The molecule has 0 heterocycles. The third-order valence-corrected chi connectivity index (χ3v) is 4.14. The summed E-state index contributed by atoms with van der Waals surface area (Å²) < 4.78 is 10.2. The normalized spacial score (nSPS) is 10.2. The van der Waals surface area contributed by atoms with E-state index in [0.29, 0.717) is 33.8 Å². The van der Waals surface area contributed by atoms with Crippen LogP contribution >= 0.6 is 23.2 Å². The molecule has 2 aromatic carbocycles. The number of ether oxygens (including phenoxy) is 2. The number of amides is 2. The second kappa shape index (κ2) is 11.3. The first-order chi connectivity index (χ1) is 13.9. The number of carbonyl (C=O) groups is 3. The monoisotopic (exact) mass is 438 g/mol. The van der Waals surface area contributed by atoms with Gasteiger partial charge >= 0.3 is 5.97 Å². The molecule has 0 unspecified atom stereocenters. The summed E-state index contributed by atoms with van der Waals surface area (Å²) in [6.45, 7) is 1.94. The third-order valence-electron chi connectivity index (χ3n) is 3.57. The Hall–Kier alpha value is -2.77. The number of benzene rings is 2. The fourth-order valence-electron chi connectivity index (χ4n) is 2.24. The topological polar surface area (TPSA) is 93.7 Å². The van der Waals surface area contributed by atoms with Crippen molar-refractivity contribution in [3.63, 3.8) is 0 Å². The number of anilines is 2. The van der Waals surface area contributed by atoms with Gasteiger partial charge in [0.15, 0.2) is 6.61 Å². The lowest BCUT2D eigenvalue weighted by Crippen LogP contribution is -2.22. The zero-order chi connectivity index (χ0) is 21.2. The second-order valence-corrected chi connectivity index (χ2v) is 6.68. The van der Waals surface area contributed by atoms with Crippen molar-refractivity contribution in [3.05, 3.63) is 52.5 Å². The Morgan fingerprint density at radius 1 is 0.931 bits per heavy atom. The highest BCUT2D eigenvalue weighted by Crippen LogP contribution is 2.25. The molecule has 0 atom stereocenters. The summed E-state index contributed by atoms with van der Waals surface area (Å²) in [7, 11) is 0. The van der Waals surface area contributed by atoms with E-state index in [1.165, 1.54) is 12.1 Å². The first kappa shape index (κ1) is 22.5. The van der Waals surface area contributed by atoms with Crippen LogP contribution in [0.25, 0.3) is 0 Å². The van der Waals surface area contributed by atoms with Gasteiger partial charge in [-0.15, -0.1) is 0 Å². The van der Waals surface area contributed by atoms with Gasteiger partial charge in [0.2, 0.25) is 5.91 Å². The highest BCUT2D eigenvalue weighted by atomic mass is 35.5. The molecule has 0 radical (unpaired) electrons. The van der Waals surface area contributed by atoms with E-state index in [4.69, 9.17) is 32.7 Å². The van der Waals surface area contributed by atoms with Gasteiger partial charge in [0.05, 0.1) is 23.7 Å². The molecule has 0 aromatic heterocycles. The van der Waals surface area contributed by atoms with Crippen LogP contribution in [0.4, 0.5) is 11.4 Å². The van der Waals surface area contributed by atoms with Crippen LogP contribution in [0.5, 0.6) is 5.75 Å². The molecule has 0 saturated heterocycles. The van der Waals surface area contributed by atoms with Gasteiger partial charge in [0.25, 0.3) is 5.91 Å². The zero-order valence-corrected chi connectivity index (χ0v) is 17.2. The summed E-state index contributed by atoms with van der Waals surface area (Å²) in [5.74, 6) is -0.881. The van der Waals surface area contributed by atoms with Crippen molar-refractivity contribution in [1.82, 2.24) is 0 Å². The van der Waals surface area contributed by atoms with E-state index in [9.17, 15) is 14.4 Å². The number of esters is 1. The van der Waals surface area contributed by atoms with Gasteiger partial charge in [-0.3, -0.25) is 14.4 Å². The van der Waals surface area contributed by atoms with E-state index in [0.717, 1.165) is 0 Å². The largest absolute Gasteiger partial charge is 0.494 e. The van der Waals surface area contributed by atoms with Crippen LogP contribution in [0.2, 0.25) is 10.0 Å². The van der Waals surface area contributed by atoms with E-state index < -0.39 is 18.5 Å². The van der Waals surface area contributed by atoms with Crippen LogP contribution in [-0.4, -0.2) is 31.0 Å². The predicted molar refractivity (Wildman–Crippen MR) is 112 cm³/mol. The minimum absolute atomic E-state index is 0.0756. The summed E-state index contributed by atoms with van der Waals surface area (Å²) >= 11 is 11.8. The number of hydrogen-bond donors (Lipinski definition) is 2. The van der Waals surface area contributed by atoms with Gasteiger partial charge in [0, 0.05) is 17.1 Å². The molecule has 0 saturated carbocycles. The Balaban J connectivity index is 1.70. The Kier molecular flexibility index (Phi) is 8.76. The lowest BCUT2D eigenvalue weighted by Gasteiger charge is -2.09. The number of nitrogens with one attached hydrogen (secondary N) is 2.